The van der Waals surface area contributed by atoms with Crippen LogP contribution in [0.15, 0.2) is 30.3 Å². The van der Waals surface area contributed by atoms with Gasteiger partial charge in [0.1, 0.15) is 6.04 Å². The van der Waals surface area contributed by atoms with E-state index in [9.17, 15) is 9.59 Å². The fourth-order valence-corrected chi connectivity index (χ4v) is 1.55. The number of hydrogen-bond acceptors (Lipinski definition) is 2. The van der Waals surface area contributed by atoms with E-state index in [0.29, 0.717) is 17.9 Å². The lowest BCUT2D eigenvalue weighted by atomic mass is 10.0. The van der Waals surface area contributed by atoms with Gasteiger partial charge in [-0.25, -0.2) is 0 Å². The fourth-order valence-electron chi connectivity index (χ4n) is 1.55. The molecule has 0 aliphatic rings. The average molecular weight is 234 g/mol. The van der Waals surface area contributed by atoms with Crippen molar-refractivity contribution >= 4 is 11.8 Å². The highest BCUT2D eigenvalue weighted by Gasteiger charge is 2.19. The van der Waals surface area contributed by atoms with Crippen molar-refractivity contribution in [3.05, 3.63) is 35.9 Å². The van der Waals surface area contributed by atoms with Crippen molar-refractivity contribution in [3.63, 3.8) is 0 Å². The maximum atomic E-state index is 11.8. The highest BCUT2D eigenvalue weighted by atomic mass is 16.2. The van der Waals surface area contributed by atoms with Crippen LogP contribution < -0.4 is 11.1 Å². The Labute approximate surface area is 101 Å². The summed E-state index contributed by atoms with van der Waals surface area (Å²) in [5.41, 5.74) is 5.79. The lowest BCUT2D eigenvalue weighted by molar-refractivity contribution is -0.120. The van der Waals surface area contributed by atoms with Crippen LogP contribution in [0.5, 0.6) is 0 Å². The highest BCUT2D eigenvalue weighted by molar-refractivity contribution is 5.97. The van der Waals surface area contributed by atoms with Gasteiger partial charge in [-0.2, -0.15) is 0 Å². The molecular weight excluding hydrogens is 216 g/mol. The maximum Gasteiger partial charge on any atom is 0.251 e. The van der Waals surface area contributed by atoms with E-state index < -0.39 is 11.9 Å². The minimum Gasteiger partial charge on any atom is -0.368 e. The third-order valence-electron chi connectivity index (χ3n) is 2.39. The van der Waals surface area contributed by atoms with Crippen molar-refractivity contribution in [3.8, 4) is 0 Å². The molecule has 0 aliphatic carbocycles. The molecule has 0 aliphatic heterocycles. The SMILES string of the molecule is CC(C)CC(NC(=O)c1ccccc1)C(N)=O. The summed E-state index contributed by atoms with van der Waals surface area (Å²) in [6.45, 7) is 3.95. The quantitative estimate of drug-likeness (QED) is 0.806. The minimum absolute atomic E-state index is 0.268. The number of nitrogens with two attached hydrogens (primary N) is 1. The van der Waals surface area contributed by atoms with E-state index in [1.54, 1.807) is 24.3 Å². The minimum atomic E-state index is -0.609. The monoisotopic (exact) mass is 234 g/mol. The first-order chi connectivity index (χ1) is 8.00. The summed E-state index contributed by atoms with van der Waals surface area (Å²) >= 11 is 0. The van der Waals surface area contributed by atoms with Gasteiger partial charge in [0.15, 0.2) is 0 Å². The summed E-state index contributed by atoms with van der Waals surface area (Å²) in [7, 11) is 0. The molecule has 17 heavy (non-hydrogen) atoms. The molecule has 0 aromatic heterocycles. The maximum absolute atomic E-state index is 11.8. The number of primary amides is 1. The number of carbonyl (C=O) groups excluding carboxylic acids is 2. The second-order valence-corrected chi connectivity index (χ2v) is 4.42. The van der Waals surface area contributed by atoms with Crippen LogP contribution in [-0.2, 0) is 4.79 Å². The largest absolute Gasteiger partial charge is 0.368 e. The molecule has 0 fully saturated rings. The van der Waals surface area contributed by atoms with Crippen molar-refractivity contribution in [1.82, 2.24) is 5.32 Å². The van der Waals surface area contributed by atoms with Crippen LogP contribution in [0.4, 0.5) is 0 Å². The van der Waals surface area contributed by atoms with Crippen molar-refractivity contribution in [2.75, 3.05) is 0 Å². The van der Waals surface area contributed by atoms with Crippen LogP contribution in [0.25, 0.3) is 0 Å². The van der Waals surface area contributed by atoms with Crippen LogP contribution in [0, 0.1) is 5.92 Å². The van der Waals surface area contributed by atoms with Crippen LogP contribution in [0.2, 0.25) is 0 Å². The first-order valence-corrected chi connectivity index (χ1v) is 5.66. The first kappa shape index (κ1) is 13.2. The highest BCUT2D eigenvalue weighted by Crippen LogP contribution is 2.06. The summed E-state index contributed by atoms with van der Waals surface area (Å²) in [5, 5.41) is 2.65. The Hall–Kier alpha value is -1.84. The molecule has 1 aromatic carbocycles. The number of benzene rings is 1. The topological polar surface area (TPSA) is 72.2 Å². The molecule has 4 nitrogen and oxygen atoms in total. The summed E-state index contributed by atoms with van der Waals surface area (Å²) in [6, 6.07) is 8.16. The third kappa shape index (κ3) is 4.26. The molecule has 1 aromatic rings. The van der Waals surface area contributed by atoms with E-state index >= 15 is 0 Å². The van der Waals surface area contributed by atoms with Gasteiger partial charge in [-0.15, -0.1) is 0 Å². The summed E-state index contributed by atoms with van der Waals surface area (Å²) in [6.07, 6.45) is 0.550. The number of rotatable bonds is 5. The van der Waals surface area contributed by atoms with E-state index in [0.717, 1.165) is 0 Å². The van der Waals surface area contributed by atoms with Gasteiger partial charge in [-0.05, 0) is 24.5 Å². The molecule has 0 radical (unpaired) electrons. The van der Waals surface area contributed by atoms with Gasteiger partial charge < -0.3 is 11.1 Å². The molecular formula is C13H18N2O2. The van der Waals surface area contributed by atoms with Crippen LogP contribution >= 0.6 is 0 Å². The molecule has 1 rings (SSSR count). The lowest BCUT2D eigenvalue weighted by Gasteiger charge is -2.17. The van der Waals surface area contributed by atoms with E-state index in [2.05, 4.69) is 5.32 Å². The zero-order valence-electron chi connectivity index (χ0n) is 10.1. The number of hydrogen-bond donors (Lipinski definition) is 2. The molecule has 0 saturated heterocycles. The van der Waals surface area contributed by atoms with Gasteiger partial charge in [0.05, 0.1) is 0 Å². The molecule has 0 saturated carbocycles. The zero-order chi connectivity index (χ0) is 12.8. The van der Waals surface area contributed by atoms with Gasteiger partial charge in [-0.1, -0.05) is 32.0 Å². The average Bonchev–Trinajstić information content (AvgIpc) is 2.28. The molecule has 3 N–H and O–H groups in total. The Morgan fingerprint density at radius 2 is 1.82 bits per heavy atom. The van der Waals surface area contributed by atoms with Crippen molar-refractivity contribution in [1.29, 1.82) is 0 Å². The van der Waals surface area contributed by atoms with Crippen LogP contribution in [-0.4, -0.2) is 17.9 Å². The molecule has 4 heteroatoms. The van der Waals surface area contributed by atoms with Crippen LogP contribution in [0.1, 0.15) is 30.6 Å². The molecule has 92 valence electrons. The van der Waals surface area contributed by atoms with Gasteiger partial charge in [0.25, 0.3) is 5.91 Å². The van der Waals surface area contributed by atoms with Crippen molar-refractivity contribution in [2.45, 2.75) is 26.3 Å². The molecule has 1 unspecified atom stereocenters. The summed E-state index contributed by atoms with van der Waals surface area (Å²) in [4.78, 5) is 23.0. The molecule has 1 atom stereocenters. The van der Waals surface area contributed by atoms with Gasteiger partial charge in [0.2, 0.25) is 5.91 Å². The van der Waals surface area contributed by atoms with E-state index in [-0.39, 0.29) is 5.91 Å². The predicted octanol–water partition coefficient (Wildman–Crippen LogP) is 1.32. The van der Waals surface area contributed by atoms with E-state index in [1.807, 2.05) is 19.9 Å². The van der Waals surface area contributed by atoms with Crippen LogP contribution in [0.3, 0.4) is 0 Å². The third-order valence-corrected chi connectivity index (χ3v) is 2.39. The molecule has 0 spiro atoms. The second-order valence-electron chi connectivity index (χ2n) is 4.42. The Morgan fingerprint density at radius 1 is 1.24 bits per heavy atom. The van der Waals surface area contributed by atoms with E-state index in [1.165, 1.54) is 0 Å². The Kier molecular flexibility index (Phi) is 4.69. The molecule has 0 heterocycles. The smallest absolute Gasteiger partial charge is 0.251 e. The molecule has 2 amide bonds. The van der Waals surface area contributed by atoms with Gasteiger partial charge in [-0.3, -0.25) is 9.59 Å². The Balaban J connectivity index is 2.68. The number of carbonyl (C=O) groups is 2. The second kappa shape index (κ2) is 6.03. The Morgan fingerprint density at radius 3 is 2.29 bits per heavy atom. The van der Waals surface area contributed by atoms with E-state index in [4.69, 9.17) is 5.73 Å². The number of amides is 2. The molecule has 0 bridgehead atoms. The van der Waals surface area contributed by atoms with Crippen molar-refractivity contribution in [2.24, 2.45) is 11.7 Å². The summed E-state index contributed by atoms with van der Waals surface area (Å²) < 4.78 is 0. The Bertz CT molecular complexity index is 388. The predicted molar refractivity (Wildman–Crippen MR) is 66.3 cm³/mol. The first-order valence-electron chi connectivity index (χ1n) is 5.66. The standard InChI is InChI=1S/C13H18N2O2/c1-9(2)8-11(12(14)16)15-13(17)10-6-4-3-5-7-10/h3-7,9,11H,8H2,1-2H3,(H2,14,16)(H,15,17). The zero-order valence-corrected chi connectivity index (χ0v) is 10.1. The summed E-state index contributed by atoms with van der Waals surface area (Å²) in [5.74, 6) is -0.471. The fraction of sp³-hybridized carbons (Fsp3) is 0.385. The normalized spacial score (nSPS) is 12.2. The van der Waals surface area contributed by atoms with Gasteiger partial charge >= 0.3 is 0 Å². The lowest BCUT2D eigenvalue weighted by Crippen LogP contribution is -2.45. The van der Waals surface area contributed by atoms with Gasteiger partial charge in [0, 0.05) is 5.56 Å². The number of nitrogens with one attached hydrogen (secondary N) is 1. The van der Waals surface area contributed by atoms with Crippen molar-refractivity contribution < 1.29 is 9.59 Å².